The summed E-state index contributed by atoms with van der Waals surface area (Å²) < 4.78 is 15.7. The second kappa shape index (κ2) is 3.53. The predicted octanol–water partition coefficient (Wildman–Crippen LogP) is 2.99. The summed E-state index contributed by atoms with van der Waals surface area (Å²) in [5, 5.41) is 0. The molecule has 72 valence electrons. The normalized spacial score (nSPS) is 10.5. The van der Waals surface area contributed by atoms with Gasteiger partial charge in [-0.3, -0.25) is 0 Å². The Morgan fingerprint density at radius 2 is 2.21 bits per heavy atom. The van der Waals surface area contributed by atoms with Crippen LogP contribution in [0.15, 0.2) is 35.2 Å². The molecule has 0 unspecified atom stereocenters. The van der Waals surface area contributed by atoms with Crippen LogP contribution >= 0.6 is 15.9 Å². The SMILES string of the molecule is Cn1cncc1-c1cc(F)ccc1Br. The molecule has 0 aliphatic carbocycles. The number of imidazole rings is 1. The van der Waals surface area contributed by atoms with Gasteiger partial charge in [0.15, 0.2) is 0 Å². The summed E-state index contributed by atoms with van der Waals surface area (Å²) in [5.41, 5.74) is 1.70. The molecular formula is C10H8BrFN2. The minimum absolute atomic E-state index is 0.246. The van der Waals surface area contributed by atoms with Crippen molar-refractivity contribution in [3.63, 3.8) is 0 Å². The maximum absolute atomic E-state index is 13.0. The molecule has 0 bridgehead atoms. The fourth-order valence-corrected chi connectivity index (χ4v) is 1.76. The zero-order chi connectivity index (χ0) is 10.1. The van der Waals surface area contributed by atoms with E-state index in [-0.39, 0.29) is 5.82 Å². The number of nitrogens with zero attached hydrogens (tertiary/aromatic N) is 2. The van der Waals surface area contributed by atoms with Crippen molar-refractivity contribution in [2.45, 2.75) is 0 Å². The largest absolute Gasteiger partial charge is 0.334 e. The van der Waals surface area contributed by atoms with E-state index in [0.717, 1.165) is 15.7 Å². The highest BCUT2D eigenvalue weighted by molar-refractivity contribution is 9.10. The minimum Gasteiger partial charge on any atom is -0.334 e. The van der Waals surface area contributed by atoms with Gasteiger partial charge in [0.05, 0.1) is 18.2 Å². The van der Waals surface area contributed by atoms with Gasteiger partial charge < -0.3 is 4.57 Å². The van der Waals surface area contributed by atoms with Crippen molar-refractivity contribution < 1.29 is 4.39 Å². The summed E-state index contributed by atoms with van der Waals surface area (Å²) in [6, 6.07) is 4.60. The molecule has 2 nitrogen and oxygen atoms in total. The van der Waals surface area contributed by atoms with E-state index in [1.54, 1.807) is 18.6 Å². The van der Waals surface area contributed by atoms with Crippen LogP contribution < -0.4 is 0 Å². The summed E-state index contributed by atoms with van der Waals surface area (Å²) >= 11 is 3.38. The average molecular weight is 255 g/mol. The highest BCUT2D eigenvalue weighted by atomic mass is 79.9. The number of benzene rings is 1. The average Bonchev–Trinajstić information content (AvgIpc) is 2.56. The highest BCUT2D eigenvalue weighted by Crippen LogP contribution is 2.28. The summed E-state index contributed by atoms with van der Waals surface area (Å²) in [6.07, 6.45) is 3.40. The van der Waals surface area contributed by atoms with Crippen LogP contribution in [-0.2, 0) is 7.05 Å². The van der Waals surface area contributed by atoms with Gasteiger partial charge in [-0.25, -0.2) is 9.37 Å². The molecule has 1 aromatic heterocycles. The summed E-state index contributed by atoms with van der Waals surface area (Å²) in [6.45, 7) is 0. The third-order valence-electron chi connectivity index (χ3n) is 2.02. The van der Waals surface area contributed by atoms with Crippen LogP contribution in [0.5, 0.6) is 0 Å². The first-order valence-corrected chi connectivity index (χ1v) is 4.89. The Morgan fingerprint density at radius 1 is 1.43 bits per heavy atom. The Labute approximate surface area is 89.5 Å². The smallest absolute Gasteiger partial charge is 0.123 e. The van der Waals surface area contributed by atoms with Crippen LogP contribution in [0.25, 0.3) is 11.3 Å². The first-order valence-electron chi connectivity index (χ1n) is 4.10. The highest BCUT2D eigenvalue weighted by Gasteiger charge is 2.07. The Hall–Kier alpha value is -1.16. The maximum atomic E-state index is 13.0. The van der Waals surface area contributed by atoms with Gasteiger partial charge in [-0.05, 0) is 18.2 Å². The van der Waals surface area contributed by atoms with Gasteiger partial charge in [0.1, 0.15) is 5.82 Å². The number of aryl methyl sites for hydroxylation is 1. The summed E-state index contributed by atoms with van der Waals surface area (Å²) in [7, 11) is 1.87. The monoisotopic (exact) mass is 254 g/mol. The van der Waals surface area contributed by atoms with Gasteiger partial charge in [0, 0.05) is 17.1 Å². The lowest BCUT2D eigenvalue weighted by molar-refractivity contribution is 0.628. The molecule has 0 aliphatic heterocycles. The zero-order valence-corrected chi connectivity index (χ0v) is 9.12. The van der Waals surface area contributed by atoms with E-state index >= 15 is 0 Å². The van der Waals surface area contributed by atoms with Crippen molar-refractivity contribution in [3.05, 3.63) is 41.0 Å². The third kappa shape index (κ3) is 1.57. The van der Waals surface area contributed by atoms with E-state index < -0.39 is 0 Å². The number of halogens is 2. The fourth-order valence-electron chi connectivity index (χ4n) is 1.31. The fraction of sp³-hybridized carbons (Fsp3) is 0.100. The van der Waals surface area contributed by atoms with Crippen LogP contribution in [0.4, 0.5) is 4.39 Å². The lowest BCUT2D eigenvalue weighted by Gasteiger charge is -2.04. The molecule has 2 aromatic rings. The molecule has 1 aromatic carbocycles. The molecule has 0 aliphatic rings. The Morgan fingerprint density at radius 3 is 2.86 bits per heavy atom. The zero-order valence-electron chi connectivity index (χ0n) is 7.54. The number of hydrogen-bond acceptors (Lipinski definition) is 1. The molecule has 0 saturated heterocycles. The van der Waals surface area contributed by atoms with Gasteiger partial charge >= 0.3 is 0 Å². The quantitative estimate of drug-likeness (QED) is 0.765. The molecule has 0 N–H and O–H groups in total. The van der Waals surface area contributed by atoms with E-state index in [1.165, 1.54) is 12.1 Å². The van der Waals surface area contributed by atoms with Crippen LogP contribution in [0, 0.1) is 5.82 Å². The van der Waals surface area contributed by atoms with Crippen molar-refractivity contribution in [1.29, 1.82) is 0 Å². The van der Waals surface area contributed by atoms with E-state index in [2.05, 4.69) is 20.9 Å². The van der Waals surface area contributed by atoms with Crippen molar-refractivity contribution in [3.8, 4) is 11.3 Å². The predicted molar refractivity (Wildman–Crippen MR) is 56.3 cm³/mol. The number of hydrogen-bond donors (Lipinski definition) is 0. The molecule has 0 spiro atoms. The molecule has 2 rings (SSSR count). The van der Waals surface area contributed by atoms with Gasteiger partial charge in [-0.2, -0.15) is 0 Å². The lowest BCUT2D eigenvalue weighted by Crippen LogP contribution is -1.90. The van der Waals surface area contributed by atoms with Crippen molar-refractivity contribution in [2.75, 3.05) is 0 Å². The Kier molecular flexibility index (Phi) is 2.37. The van der Waals surface area contributed by atoms with Crippen LogP contribution in [0.3, 0.4) is 0 Å². The summed E-state index contributed by atoms with van der Waals surface area (Å²) in [4.78, 5) is 3.99. The van der Waals surface area contributed by atoms with Gasteiger partial charge in [-0.15, -0.1) is 0 Å². The molecule has 4 heteroatoms. The van der Waals surface area contributed by atoms with Crippen molar-refractivity contribution >= 4 is 15.9 Å². The van der Waals surface area contributed by atoms with Crippen molar-refractivity contribution in [1.82, 2.24) is 9.55 Å². The van der Waals surface area contributed by atoms with E-state index in [4.69, 9.17) is 0 Å². The molecule has 0 fully saturated rings. The van der Waals surface area contributed by atoms with Crippen LogP contribution in [-0.4, -0.2) is 9.55 Å². The van der Waals surface area contributed by atoms with E-state index in [0.29, 0.717) is 0 Å². The first kappa shape index (κ1) is 9.40. The number of rotatable bonds is 1. The minimum atomic E-state index is -0.246. The standard InChI is InChI=1S/C10H8BrFN2/c1-14-6-13-5-10(14)8-4-7(12)2-3-9(8)11/h2-6H,1H3. The Bertz CT molecular complexity index is 465. The van der Waals surface area contributed by atoms with Gasteiger partial charge in [0.2, 0.25) is 0 Å². The molecule has 0 saturated carbocycles. The molecule has 14 heavy (non-hydrogen) atoms. The molecular weight excluding hydrogens is 247 g/mol. The summed E-state index contributed by atoms with van der Waals surface area (Å²) in [5.74, 6) is -0.246. The molecule has 0 radical (unpaired) electrons. The topological polar surface area (TPSA) is 17.8 Å². The second-order valence-corrected chi connectivity index (χ2v) is 3.87. The maximum Gasteiger partial charge on any atom is 0.123 e. The van der Waals surface area contributed by atoms with Crippen LogP contribution in [0.1, 0.15) is 0 Å². The van der Waals surface area contributed by atoms with Crippen LogP contribution in [0.2, 0.25) is 0 Å². The molecule has 0 atom stereocenters. The van der Waals surface area contributed by atoms with Crippen molar-refractivity contribution in [2.24, 2.45) is 7.05 Å². The lowest BCUT2D eigenvalue weighted by atomic mass is 10.1. The second-order valence-electron chi connectivity index (χ2n) is 3.01. The third-order valence-corrected chi connectivity index (χ3v) is 2.71. The first-order chi connectivity index (χ1) is 6.68. The molecule has 0 amide bonds. The van der Waals surface area contributed by atoms with Gasteiger partial charge in [-0.1, -0.05) is 15.9 Å². The molecule has 1 heterocycles. The van der Waals surface area contributed by atoms with E-state index in [9.17, 15) is 4.39 Å². The van der Waals surface area contributed by atoms with Gasteiger partial charge in [0.25, 0.3) is 0 Å². The Balaban J connectivity index is 2.62. The number of aromatic nitrogens is 2. The van der Waals surface area contributed by atoms with E-state index in [1.807, 2.05) is 11.6 Å².